The summed E-state index contributed by atoms with van der Waals surface area (Å²) in [4.78, 5) is 18.5. The molecular weight excluding hydrogens is 284 g/mol. The molecule has 0 unspecified atom stereocenters. The normalized spacial score (nSPS) is 16.2. The van der Waals surface area contributed by atoms with Gasteiger partial charge < -0.3 is 14.9 Å². The van der Waals surface area contributed by atoms with Gasteiger partial charge in [0.15, 0.2) is 0 Å². The molecule has 2 rings (SSSR count). The van der Waals surface area contributed by atoms with Crippen molar-refractivity contribution in [2.75, 3.05) is 39.8 Å². The van der Waals surface area contributed by atoms with Crippen LogP contribution in [0.4, 0.5) is 0 Å². The van der Waals surface area contributed by atoms with Gasteiger partial charge >= 0.3 is 0 Å². The lowest BCUT2D eigenvalue weighted by Crippen LogP contribution is -2.34. The summed E-state index contributed by atoms with van der Waals surface area (Å²) in [7, 11) is 2.10. The molecule has 0 bridgehead atoms. The van der Waals surface area contributed by atoms with Crippen molar-refractivity contribution in [1.82, 2.24) is 9.80 Å². The highest BCUT2D eigenvalue weighted by molar-refractivity contribution is 7.14. The molecule has 0 aromatic carbocycles. The minimum atomic E-state index is 0.0739. The van der Waals surface area contributed by atoms with Gasteiger partial charge in [-0.1, -0.05) is 11.8 Å². The van der Waals surface area contributed by atoms with Crippen LogP contribution in [0.2, 0.25) is 0 Å². The van der Waals surface area contributed by atoms with Crippen molar-refractivity contribution < 1.29 is 9.90 Å². The SMILES string of the molecule is Cc1cc(C(=O)N2CCCN(C)CC2)sc1C#CCCO. The van der Waals surface area contributed by atoms with E-state index in [1.54, 1.807) is 0 Å². The molecule has 1 fully saturated rings. The average Bonchev–Trinajstić information content (AvgIpc) is 2.69. The van der Waals surface area contributed by atoms with E-state index in [0.29, 0.717) is 6.42 Å². The second kappa shape index (κ2) is 7.60. The molecule has 4 nitrogen and oxygen atoms in total. The van der Waals surface area contributed by atoms with Crippen LogP contribution in [0.15, 0.2) is 6.07 Å². The van der Waals surface area contributed by atoms with Gasteiger partial charge in [-0.2, -0.15) is 0 Å². The van der Waals surface area contributed by atoms with Crippen LogP contribution < -0.4 is 0 Å². The first kappa shape index (κ1) is 16.0. The van der Waals surface area contributed by atoms with Crippen LogP contribution >= 0.6 is 11.3 Å². The number of aliphatic hydroxyl groups excluding tert-OH is 1. The molecular formula is C16H22N2O2S. The van der Waals surface area contributed by atoms with Crippen molar-refractivity contribution in [3.05, 3.63) is 21.4 Å². The Morgan fingerprint density at radius 2 is 2.19 bits per heavy atom. The number of rotatable bonds is 2. The van der Waals surface area contributed by atoms with E-state index in [1.807, 2.05) is 17.9 Å². The zero-order chi connectivity index (χ0) is 15.2. The number of carbonyl (C=O) groups excluding carboxylic acids is 1. The Kier molecular flexibility index (Phi) is 5.80. The van der Waals surface area contributed by atoms with E-state index in [1.165, 1.54) is 11.3 Å². The van der Waals surface area contributed by atoms with Crippen molar-refractivity contribution >= 4 is 17.2 Å². The van der Waals surface area contributed by atoms with E-state index in [9.17, 15) is 4.79 Å². The second-order valence-electron chi connectivity index (χ2n) is 5.35. The van der Waals surface area contributed by atoms with Crippen LogP contribution in [-0.4, -0.2) is 60.6 Å². The minimum absolute atomic E-state index is 0.0739. The first-order valence-corrected chi connectivity index (χ1v) is 8.11. The zero-order valence-corrected chi connectivity index (χ0v) is 13.5. The van der Waals surface area contributed by atoms with E-state index in [0.717, 1.165) is 47.9 Å². The predicted molar refractivity (Wildman–Crippen MR) is 85.7 cm³/mol. The molecule has 0 spiro atoms. The number of aryl methyl sites for hydroxylation is 1. The molecule has 5 heteroatoms. The van der Waals surface area contributed by atoms with E-state index in [4.69, 9.17) is 5.11 Å². The Labute approximate surface area is 130 Å². The molecule has 1 N–H and O–H groups in total. The fourth-order valence-corrected chi connectivity index (χ4v) is 3.33. The number of hydrogen-bond acceptors (Lipinski definition) is 4. The van der Waals surface area contributed by atoms with Crippen LogP contribution in [-0.2, 0) is 0 Å². The summed E-state index contributed by atoms with van der Waals surface area (Å²) >= 11 is 1.46. The molecule has 114 valence electrons. The topological polar surface area (TPSA) is 43.8 Å². The number of hydrogen-bond donors (Lipinski definition) is 1. The molecule has 1 saturated heterocycles. The van der Waals surface area contributed by atoms with Crippen LogP contribution in [0.3, 0.4) is 0 Å². The molecule has 2 heterocycles. The van der Waals surface area contributed by atoms with Crippen LogP contribution in [0.25, 0.3) is 0 Å². The van der Waals surface area contributed by atoms with Gasteiger partial charge in [0.25, 0.3) is 5.91 Å². The van der Waals surface area contributed by atoms with E-state index >= 15 is 0 Å². The zero-order valence-electron chi connectivity index (χ0n) is 12.7. The molecule has 0 radical (unpaired) electrons. The van der Waals surface area contributed by atoms with Gasteiger partial charge in [-0.05, 0) is 38.6 Å². The van der Waals surface area contributed by atoms with E-state index in [2.05, 4.69) is 23.8 Å². The molecule has 1 aromatic heterocycles. The molecule has 0 saturated carbocycles. The number of thiophene rings is 1. The number of aliphatic hydroxyl groups is 1. The largest absolute Gasteiger partial charge is 0.395 e. The van der Waals surface area contributed by atoms with Crippen LogP contribution in [0.1, 0.15) is 33.0 Å². The van der Waals surface area contributed by atoms with Crippen molar-refractivity contribution in [3.8, 4) is 11.8 Å². The van der Waals surface area contributed by atoms with Crippen molar-refractivity contribution in [2.24, 2.45) is 0 Å². The van der Waals surface area contributed by atoms with Crippen molar-refractivity contribution in [2.45, 2.75) is 19.8 Å². The third-order valence-corrected chi connectivity index (χ3v) is 4.71. The molecule has 1 amide bonds. The lowest BCUT2D eigenvalue weighted by molar-refractivity contribution is 0.0767. The van der Waals surface area contributed by atoms with Crippen LogP contribution in [0.5, 0.6) is 0 Å². The quantitative estimate of drug-likeness (QED) is 0.844. The minimum Gasteiger partial charge on any atom is -0.395 e. The maximum Gasteiger partial charge on any atom is 0.264 e. The fraction of sp³-hybridized carbons (Fsp3) is 0.562. The monoisotopic (exact) mass is 306 g/mol. The van der Waals surface area contributed by atoms with E-state index in [-0.39, 0.29) is 12.5 Å². The standard InChI is InChI=1S/C16H22N2O2S/c1-13-12-15(21-14(13)6-3-4-11-19)16(20)18-8-5-7-17(2)9-10-18/h12,19H,4-5,7-11H2,1-2H3. The summed E-state index contributed by atoms with van der Waals surface area (Å²) in [5.74, 6) is 6.08. The Morgan fingerprint density at radius 3 is 2.95 bits per heavy atom. The molecule has 1 aliphatic rings. The smallest absolute Gasteiger partial charge is 0.264 e. The van der Waals surface area contributed by atoms with E-state index < -0.39 is 0 Å². The Hall–Kier alpha value is -1.35. The number of carbonyl (C=O) groups is 1. The Balaban J connectivity index is 2.09. The highest BCUT2D eigenvalue weighted by atomic mass is 32.1. The predicted octanol–water partition coefficient (Wildman–Crippen LogP) is 1.57. The third-order valence-electron chi connectivity index (χ3n) is 3.57. The summed E-state index contributed by atoms with van der Waals surface area (Å²) in [5, 5.41) is 8.76. The van der Waals surface area contributed by atoms with Crippen LogP contribution in [0, 0.1) is 18.8 Å². The Bertz CT molecular complexity index is 556. The highest BCUT2D eigenvalue weighted by Crippen LogP contribution is 2.23. The van der Waals surface area contributed by atoms with Gasteiger partial charge in [-0.25, -0.2) is 0 Å². The van der Waals surface area contributed by atoms with Gasteiger partial charge in [0.1, 0.15) is 0 Å². The summed E-state index contributed by atoms with van der Waals surface area (Å²) in [6.45, 7) is 5.64. The average molecular weight is 306 g/mol. The summed E-state index contributed by atoms with van der Waals surface area (Å²) in [5.41, 5.74) is 1.04. The first-order valence-electron chi connectivity index (χ1n) is 7.30. The molecule has 0 atom stereocenters. The lowest BCUT2D eigenvalue weighted by atomic mass is 10.2. The maximum absolute atomic E-state index is 12.6. The highest BCUT2D eigenvalue weighted by Gasteiger charge is 2.21. The van der Waals surface area contributed by atoms with Gasteiger partial charge in [-0.15, -0.1) is 11.3 Å². The fourth-order valence-electron chi connectivity index (χ4n) is 2.32. The molecule has 1 aliphatic heterocycles. The van der Waals surface area contributed by atoms with Gasteiger partial charge in [0.05, 0.1) is 16.4 Å². The third kappa shape index (κ3) is 4.31. The number of amides is 1. The summed E-state index contributed by atoms with van der Waals surface area (Å²) < 4.78 is 0. The Morgan fingerprint density at radius 1 is 1.38 bits per heavy atom. The second-order valence-corrected chi connectivity index (χ2v) is 6.40. The molecule has 21 heavy (non-hydrogen) atoms. The number of nitrogens with zero attached hydrogens (tertiary/aromatic N) is 2. The van der Waals surface area contributed by atoms with Crippen molar-refractivity contribution in [3.63, 3.8) is 0 Å². The van der Waals surface area contributed by atoms with Crippen molar-refractivity contribution in [1.29, 1.82) is 0 Å². The van der Waals surface area contributed by atoms with Gasteiger partial charge in [-0.3, -0.25) is 4.79 Å². The molecule has 1 aromatic rings. The lowest BCUT2D eigenvalue weighted by Gasteiger charge is -2.19. The number of likely N-dealkylation sites (N-methyl/N-ethyl adjacent to an activating group) is 1. The summed E-state index contributed by atoms with van der Waals surface area (Å²) in [6, 6.07) is 1.94. The first-order chi connectivity index (χ1) is 10.1. The summed E-state index contributed by atoms with van der Waals surface area (Å²) in [6.07, 6.45) is 1.49. The van der Waals surface area contributed by atoms with Gasteiger partial charge in [0, 0.05) is 26.1 Å². The molecule has 0 aliphatic carbocycles. The maximum atomic E-state index is 12.6. The van der Waals surface area contributed by atoms with Gasteiger partial charge in [0.2, 0.25) is 0 Å².